The van der Waals surface area contributed by atoms with E-state index in [1.165, 1.54) is 47.9 Å². The van der Waals surface area contributed by atoms with Crippen LogP contribution in [-0.2, 0) is 0 Å². The normalized spacial score (nSPS) is 11.4. The third-order valence-corrected chi connectivity index (χ3v) is 5.74. The molecule has 0 aromatic heterocycles. The van der Waals surface area contributed by atoms with Crippen LogP contribution in [0.15, 0.2) is 95.5 Å². The quantitative estimate of drug-likeness (QED) is 0.207. The Labute approximate surface area is 154 Å². The highest BCUT2D eigenvalue weighted by Gasteiger charge is 2.15. The molecular weight excluding hydrogens is 368 g/mol. The summed E-state index contributed by atoms with van der Waals surface area (Å²) in [5, 5.41) is 7.67. The molecule has 0 atom stereocenters. The van der Waals surface area contributed by atoms with E-state index in [0.717, 1.165) is 0 Å². The largest absolute Gasteiger partial charge is 0.0622 e. The van der Waals surface area contributed by atoms with E-state index in [9.17, 15) is 0 Å². The summed E-state index contributed by atoms with van der Waals surface area (Å²) in [6.45, 7) is 0. The van der Waals surface area contributed by atoms with Gasteiger partial charge in [-0.25, -0.2) is 0 Å². The SMILES string of the molecule is Brc1c2ccccc2c(-c2ccccc2)c2ccc3ccccc3c12. The first-order chi connectivity index (χ1) is 12.3. The highest BCUT2D eigenvalue weighted by molar-refractivity contribution is 9.10. The number of benzene rings is 5. The average Bonchev–Trinajstić information content (AvgIpc) is 2.68. The van der Waals surface area contributed by atoms with Gasteiger partial charge in [0.15, 0.2) is 0 Å². The minimum Gasteiger partial charge on any atom is -0.0622 e. The Balaban J connectivity index is 2.10. The van der Waals surface area contributed by atoms with Crippen LogP contribution in [0.3, 0.4) is 0 Å². The van der Waals surface area contributed by atoms with Gasteiger partial charge in [-0.05, 0) is 54.0 Å². The summed E-state index contributed by atoms with van der Waals surface area (Å²) in [6, 6.07) is 32.4. The number of rotatable bonds is 1. The average molecular weight is 383 g/mol. The summed E-state index contributed by atoms with van der Waals surface area (Å²) in [7, 11) is 0. The maximum absolute atomic E-state index is 3.91. The van der Waals surface area contributed by atoms with E-state index in [0.29, 0.717) is 0 Å². The van der Waals surface area contributed by atoms with Crippen LogP contribution in [0.4, 0.5) is 0 Å². The second-order valence-corrected chi connectivity index (χ2v) is 7.10. The van der Waals surface area contributed by atoms with Crippen LogP contribution in [0.1, 0.15) is 0 Å². The van der Waals surface area contributed by atoms with Crippen molar-refractivity contribution in [3.8, 4) is 11.1 Å². The topological polar surface area (TPSA) is 0 Å². The van der Waals surface area contributed by atoms with E-state index >= 15 is 0 Å². The van der Waals surface area contributed by atoms with Gasteiger partial charge in [-0.3, -0.25) is 0 Å². The van der Waals surface area contributed by atoms with Gasteiger partial charge in [0.05, 0.1) is 0 Å². The minimum absolute atomic E-state index is 1.18. The molecule has 0 aliphatic heterocycles. The van der Waals surface area contributed by atoms with Crippen LogP contribution in [0.25, 0.3) is 43.4 Å². The third-order valence-electron chi connectivity index (χ3n) is 4.91. The number of hydrogen-bond acceptors (Lipinski definition) is 0. The van der Waals surface area contributed by atoms with Crippen LogP contribution in [-0.4, -0.2) is 0 Å². The number of halogens is 1. The Morgan fingerprint density at radius 1 is 0.480 bits per heavy atom. The predicted molar refractivity (Wildman–Crippen MR) is 112 cm³/mol. The van der Waals surface area contributed by atoms with Gasteiger partial charge in [-0.15, -0.1) is 0 Å². The molecule has 0 N–H and O–H groups in total. The van der Waals surface area contributed by atoms with Crippen molar-refractivity contribution in [1.82, 2.24) is 0 Å². The highest BCUT2D eigenvalue weighted by atomic mass is 79.9. The first kappa shape index (κ1) is 14.7. The molecule has 5 aromatic rings. The van der Waals surface area contributed by atoms with E-state index < -0.39 is 0 Å². The van der Waals surface area contributed by atoms with Crippen LogP contribution in [0.2, 0.25) is 0 Å². The Hall–Kier alpha value is -2.64. The zero-order valence-corrected chi connectivity index (χ0v) is 15.1. The van der Waals surface area contributed by atoms with E-state index in [1.54, 1.807) is 0 Å². The molecule has 0 saturated carbocycles. The van der Waals surface area contributed by atoms with Crippen molar-refractivity contribution in [3.63, 3.8) is 0 Å². The molecule has 0 bridgehead atoms. The van der Waals surface area contributed by atoms with Crippen LogP contribution in [0, 0.1) is 0 Å². The molecule has 0 aliphatic carbocycles. The molecule has 0 saturated heterocycles. The first-order valence-electron chi connectivity index (χ1n) is 8.42. The Kier molecular flexibility index (Phi) is 3.36. The van der Waals surface area contributed by atoms with Crippen LogP contribution < -0.4 is 0 Å². The second kappa shape index (κ2) is 5.72. The predicted octanol–water partition coefficient (Wildman–Crippen LogP) is 7.58. The summed E-state index contributed by atoms with van der Waals surface area (Å²) in [6.07, 6.45) is 0. The monoisotopic (exact) mass is 382 g/mol. The van der Waals surface area contributed by atoms with Crippen LogP contribution >= 0.6 is 15.9 Å². The van der Waals surface area contributed by atoms with Gasteiger partial charge in [0.25, 0.3) is 0 Å². The van der Waals surface area contributed by atoms with Crippen molar-refractivity contribution in [2.75, 3.05) is 0 Å². The lowest BCUT2D eigenvalue weighted by Crippen LogP contribution is -1.88. The Bertz CT molecular complexity index is 1240. The van der Waals surface area contributed by atoms with Gasteiger partial charge in [0.2, 0.25) is 0 Å². The summed E-state index contributed by atoms with van der Waals surface area (Å²) < 4.78 is 1.18. The number of hydrogen-bond donors (Lipinski definition) is 0. The fourth-order valence-corrected chi connectivity index (χ4v) is 4.58. The fraction of sp³-hybridized carbons (Fsp3) is 0. The van der Waals surface area contributed by atoms with Crippen molar-refractivity contribution in [2.24, 2.45) is 0 Å². The standard InChI is InChI=1S/C24H15Br/c25-24-20-13-7-6-12-19(20)22(17-9-2-1-3-10-17)21-15-14-16-8-4-5-11-18(16)23(21)24/h1-15H. The smallest absolute Gasteiger partial charge is 0.0338 e. The van der Waals surface area contributed by atoms with E-state index in [4.69, 9.17) is 0 Å². The molecule has 0 nitrogen and oxygen atoms in total. The second-order valence-electron chi connectivity index (χ2n) is 6.31. The van der Waals surface area contributed by atoms with Gasteiger partial charge in [-0.2, -0.15) is 0 Å². The lowest BCUT2D eigenvalue weighted by Gasteiger charge is -2.16. The summed E-state index contributed by atoms with van der Waals surface area (Å²) in [4.78, 5) is 0. The lowest BCUT2D eigenvalue weighted by molar-refractivity contribution is 1.67. The molecule has 0 fully saturated rings. The number of fused-ring (bicyclic) bond motifs is 4. The molecule has 1 heteroatoms. The van der Waals surface area contributed by atoms with Crippen LogP contribution in [0.5, 0.6) is 0 Å². The lowest BCUT2D eigenvalue weighted by atomic mass is 9.90. The molecule has 5 rings (SSSR count). The molecule has 5 aromatic carbocycles. The van der Waals surface area contributed by atoms with Gasteiger partial charge in [-0.1, -0.05) is 91.0 Å². The van der Waals surface area contributed by atoms with E-state index in [-0.39, 0.29) is 0 Å². The molecular formula is C24H15Br. The molecule has 0 spiro atoms. The maximum atomic E-state index is 3.91. The van der Waals surface area contributed by atoms with Gasteiger partial charge in [0, 0.05) is 9.86 Å². The van der Waals surface area contributed by atoms with Gasteiger partial charge < -0.3 is 0 Å². The molecule has 0 amide bonds. The summed E-state index contributed by atoms with van der Waals surface area (Å²) >= 11 is 3.91. The Morgan fingerprint density at radius 2 is 1.12 bits per heavy atom. The zero-order valence-electron chi connectivity index (χ0n) is 13.5. The van der Waals surface area contributed by atoms with Crippen molar-refractivity contribution in [2.45, 2.75) is 0 Å². The van der Waals surface area contributed by atoms with Crippen molar-refractivity contribution < 1.29 is 0 Å². The molecule has 0 heterocycles. The summed E-state index contributed by atoms with van der Waals surface area (Å²) in [5.41, 5.74) is 2.56. The molecule has 118 valence electrons. The highest BCUT2D eigenvalue weighted by Crippen LogP contribution is 2.44. The van der Waals surface area contributed by atoms with Crippen molar-refractivity contribution in [1.29, 1.82) is 0 Å². The van der Waals surface area contributed by atoms with Crippen molar-refractivity contribution >= 4 is 48.2 Å². The molecule has 25 heavy (non-hydrogen) atoms. The van der Waals surface area contributed by atoms with E-state index in [2.05, 4.69) is 107 Å². The fourth-order valence-electron chi connectivity index (χ4n) is 3.80. The summed E-state index contributed by atoms with van der Waals surface area (Å²) in [5.74, 6) is 0. The third kappa shape index (κ3) is 2.20. The Morgan fingerprint density at radius 3 is 1.92 bits per heavy atom. The molecule has 0 aliphatic rings. The van der Waals surface area contributed by atoms with E-state index in [1.807, 2.05) is 0 Å². The van der Waals surface area contributed by atoms with Gasteiger partial charge >= 0.3 is 0 Å². The minimum atomic E-state index is 1.18. The zero-order chi connectivity index (χ0) is 16.8. The molecule has 0 unspecified atom stereocenters. The van der Waals surface area contributed by atoms with Crippen molar-refractivity contribution in [3.05, 3.63) is 95.5 Å². The van der Waals surface area contributed by atoms with Gasteiger partial charge in [0.1, 0.15) is 0 Å². The first-order valence-corrected chi connectivity index (χ1v) is 9.21. The maximum Gasteiger partial charge on any atom is 0.0338 e. The molecule has 0 radical (unpaired) electrons.